The monoisotopic (exact) mass is 700 g/mol. The molecule has 226 valence electrons. The molecule has 0 nitrogen and oxygen atoms in total. The first-order valence-corrected chi connectivity index (χ1v) is 18.1. The SMILES string of the molecule is CCc1ccc(-c2cccc3[cH-]c(C)cc23)cc1.CCc1ccc(-c2cccc3[cH-]c(CC)cc23)cc1.Cl.Cl.[CH3-].[CH3-].[Si]=[Zr]. The van der Waals surface area contributed by atoms with Gasteiger partial charge in [0.15, 0.2) is 0 Å². The van der Waals surface area contributed by atoms with Gasteiger partial charge in [-0.3, -0.25) is 0 Å². The number of rotatable bonds is 5. The van der Waals surface area contributed by atoms with Gasteiger partial charge in [0.25, 0.3) is 0 Å². The van der Waals surface area contributed by atoms with Crippen LogP contribution in [-0.2, 0) is 42.6 Å². The first-order valence-electron chi connectivity index (χ1n) is 13.9. The van der Waals surface area contributed by atoms with Gasteiger partial charge in [-0.05, 0) is 41.5 Å². The third-order valence-electron chi connectivity index (χ3n) is 7.46. The molecular formula is C39H44Cl2SiZr-4. The summed E-state index contributed by atoms with van der Waals surface area (Å²) >= 11 is 1.36. The Morgan fingerprint density at radius 1 is 0.558 bits per heavy atom. The molecule has 6 rings (SSSR count). The van der Waals surface area contributed by atoms with E-state index in [1.807, 2.05) is 0 Å². The van der Waals surface area contributed by atoms with Crippen molar-refractivity contribution in [3.05, 3.63) is 146 Å². The van der Waals surface area contributed by atoms with E-state index in [1.165, 1.54) is 89.4 Å². The average molecular weight is 703 g/mol. The van der Waals surface area contributed by atoms with E-state index in [9.17, 15) is 0 Å². The summed E-state index contributed by atoms with van der Waals surface area (Å²) in [5.74, 6) is 0. The Kier molecular flexibility index (Phi) is 18.9. The van der Waals surface area contributed by atoms with E-state index in [0.717, 1.165) is 19.3 Å². The second-order valence-electron chi connectivity index (χ2n) is 9.97. The minimum absolute atomic E-state index is 0. The van der Waals surface area contributed by atoms with Crippen LogP contribution in [0.5, 0.6) is 0 Å². The van der Waals surface area contributed by atoms with Gasteiger partial charge < -0.3 is 14.9 Å². The number of aryl methyl sites for hydroxylation is 4. The van der Waals surface area contributed by atoms with Crippen LogP contribution in [0.4, 0.5) is 0 Å². The Balaban J connectivity index is 0.000000714. The first-order chi connectivity index (χ1) is 19.1. The zero-order valence-corrected chi connectivity index (χ0v) is 31.4. The van der Waals surface area contributed by atoms with Crippen molar-refractivity contribution in [3.8, 4) is 22.3 Å². The van der Waals surface area contributed by atoms with Gasteiger partial charge in [-0.25, -0.2) is 0 Å². The molecule has 0 spiro atoms. The van der Waals surface area contributed by atoms with Crippen molar-refractivity contribution < 1.29 is 23.3 Å². The van der Waals surface area contributed by atoms with E-state index in [4.69, 9.17) is 0 Å². The molecule has 0 heterocycles. The van der Waals surface area contributed by atoms with Crippen LogP contribution in [0.15, 0.2) is 109 Å². The molecule has 0 atom stereocenters. The Labute approximate surface area is 290 Å². The van der Waals surface area contributed by atoms with E-state index in [2.05, 4.69) is 144 Å². The van der Waals surface area contributed by atoms with E-state index in [0.29, 0.717) is 0 Å². The van der Waals surface area contributed by atoms with Crippen molar-refractivity contribution in [1.29, 1.82) is 0 Å². The fourth-order valence-electron chi connectivity index (χ4n) is 5.23. The summed E-state index contributed by atoms with van der Waals surface area (Å²) in [7, 11) is 0. The van der Waals surface area contributed by atoms with Crippen LogP contribution >= 0.6 is 24.8 Å². The van der Waals surface area contributed by atoms with Crippen molar-refractivity contribution in [1.82, 2.24) is 0 Å². The number of halogens is 2. The van der Waals surface area contributed by atoms with Crippen molar-refractivity contribution in [2.24, 2.45) is 0 Å². The predicted molar refractivity (Wildman–Crippen MR) is 196 cm³/mol. The standard InChI is InChI=1S/C19H19.C18H17.2CH3.2ClH.Si.Zr/c1-3-14-8-10-16(11-9-14)18-7-5-6-17-12-15(4-2)13-19(17)18;1-3-14-7-9-15(10-8-14)17-6-4-5-16-11-13(2)12-18(16)17;;;;;;/h5-13H,3-4H2,1-2H3;4-12H,3H2,1-2H3;2*1H3;2*1H;;/q4*-1;;;;. The topological polar surface area (TPSA) is 0 Å². The molecule has 0 fully saturated rings. The van der Waals surface area contributed by atoms with Gasteiger partial charge in [0.05, 0.1) is 0 Å². The maximum atomic E-state index is 3.06. The quantitative estimate of drug-likeness (QED) is 0.124. The van der Waals surface area contributed by atoms with Crippen LogP contribution in [0.3, 0.4) is 0 Å². The van der Waals surface area contributed by atoms with Gasteiger partial charge >= 0.3 is 30.2 Å². The molecule has 0 aliphatic carbocycles. The first kappa shape index (κ1) is 40.8. The maximum absolute atomic E-state index is 3.06. The third kappa shape index (κ3) is 9.89. The van der Waals surface area contributed by atoms with Gasteiger partial charge in [-0.1, -0.05) is 99.5 Å². The van der Waals surface area contributed by atoms with Crippen LogP contribution in [0.1, 0.15) is 43.0 Å². The molecule has 6 aromatic rings. The molecule has 0 aliphatic heterocycles. The molecule has 0 saturated heterocycles. The van der Waals surface area contributed by atoms with Crippen molar-refractivity contribution in [2.75, 3.05) is 0 Å². The fraction of sp³-hybridized carbons (Fsp3) is 0.179. The third-order valence-corrected chi connectivity index (χ3v) is 7.46. The summed E-state index contributed by atoms with van der Waals surface area (Å²) in [4.78, 5) is 0. The zero-order chi connectivity index (χ0) is 27.8. The van der Waals surface area contributed by atoms with Crippen LogP contribution < -0.4 is 0 Å². The summed E-state index contributed by atoms with van der Waals surface area (Å²) in [6.45, 7) is 11.8. The average Bonchev–Trinajstić information content (AvgIpc) is 3.61. The van der Waals surface area contributed by atoms with Gasteiger partial charge in [-0.2, -0.15) is 12.1 Å². The van der Waals surface area contributed by atoms with E-state index in [-0.39, 0.29) is 39.7 Å². The molecule has 2 radical (unpaired) electrons. The second-order valence-corrected chi connectivity index (χ2v) is 9.97. The van der Waals surface area contributed by atoms with Gasteiger partial charge in [0.1, 0.15) is 0 Å². The Morgan fingerprint density at radius 2 is 0.977 bits per heavy atom. The summed E-state index contributed by atoms with van der Waals surface area (Å²) in [6.07, 6.45) is 3.30. The molecule has 6 aromatic carbocycles. The number of benzene rings is 4. The van der Waals surface area contributed by atoms with E-state index in [1.54, 1.807) is 0 Å². The molecule has 0 aromatic heterocycles. The second kappa shape index (κ2) is 19.9. The Morgan fingerprint density at radius 3 is 1.40 bits per heavy atom. The predicted octanol–water partition coefficient (Wildman–Crippen LogP) is 11.8. The summed E-state index contributed by atoms with van der Waals surface area (Å²) in [5.41, 5.74) is 10.9. The molecular weight excluding hydrogens is 659 g/mol. The summed E-state index contributed by atoms with van der Waals surface area (Å²) < 4.78 is 0. The Hall–Kier alpha value is -2.22. The van der Waals surface area contributed by atoms with Crippen LogP contribution in [0, 0.1) is 21.8 Å². The number of hydrogen-bond acceptors (Lipinski definition) is 0. The zero-order valence-electron chi connectivity index (χ0n) is 26.3. The van der Waals surface area contributed by atoms with Crippen molar-refractivity contribution in [2.45, 2.75) is 47.0 Å². The summed E-state index contributed by atoms with van der Waals surface area (Å²) in [5, 5.41) is 5.43. The normalized spacial score (nSPS) is 9.56. The summed E-state index contributed by atoms with van der Waals surface area (Å²) in [6, 6.07) is 40.2. The molecule has 0 N–H and O–H groups in total. The molecule has 0 saturated carbocycles. The van der Waals surface area contributed by atoms with Crippen molar-refractivity contribution in [3.63, 3.8) is 0 Å². The molecule has 0 bridgehead atoms. The molecule has 4 heteroatoms. The molecule has 0 unspecified atom stereocenters. The molecule has 0 aliphatic rings. The minimum atomic E-state index is 0. The van der Waals surface area contributed by atoms with E-state index < -0.39 is 0 Å². The van der Waals surface area contributed by atoms with Crippen molar-refractivity contribution >= 4 is 53.2 Å². The van der Waals surface area contributed by atoms with Gasteiger partial charge in [-0.15, -0.1) is 93.9 Å². The molecule has 43 heavy (non-hydrogen) atoms. The van der Waals surface area contributed by atoms with Gasteiger partial charge in [0, 0.05) is 0 Å². The number of fused-ring (bicyclic) bond motifs is 2. The number of hydrogen-bond donors (Lipinski definition) is 0. The van der Waals surface area contributed by atoms with Gasteiger partial charge in [0.2, 0.25) is 0 Å². The Bertz CT molecular complexity index is 1640. The van der Waals surface area contributed by atoms with E-state index >= 15 is 0 Å². The van der Waals surface area contributed by atoms with Crippen LogP contribution in [0.25, 0.3) is 43.8 Å². The van der Waals surface area contributed by atoms with Crippen LogP contribution in [0.2, 0.25) is 0 Å². The van der Waals surface area contributed by atoms with Crippen LogP contribution in [-0.4, -0.2) is 6.88 Å². The molecule has 0 amide bonds. The fourth-order valence-corrected chi connectivity index (χ4v) is 5.23.